The molecule has 45 heavy (non-hydrogen) atoms. The lowest BCUT2D eigenvalue weighted by Crippen LogP contribution is -2.45. The van der Waals surface area contributed by atoms with Gasteiger partial charge in [-0.1, -0.05) is 13.0 Å². The second kappa shape index (κ2) is 10.8. The number of benzene rings is 2. The molecule has 0 amide bonds. The topological polar surface area (TPSA) is 91.7 Å². The number of aromatic nitrogens is 3. The van der Waals surface area contributed by atoms with E-state index in [1.807, 2.05) is 11.8 Å². The first kappa shape index (κ1) is 28.9. The van der Waals surface area contributed by atoms with E-state index in [0.717, 1.165) is 32.2 Å². The monoisotopic (exact) mass is 637 g/mol. The molecule has 4 fully saturated rings. The highest BCUT2D eigenvalue weighted by molar-refractivity contribution is 7.86. The van der Waals surface area contributed by atoms with Crippen molar-refractivity contribution in [3.05, 3.63) is 47.7 Å². The summed E-state index contributed by atoms with van der Waals surface area (Å²) in [6.45, 7) is 4.21. The minimum atomic E-state index is -0.923. The Kier molecular flexibility index (Phi) is 6.94. The fourth-order valence-corrected chi connectivity index (χ4v) is 10.1. The molecule has 236 valence electrons. The van der Waals surface area contributed by atoms with Gasteiger partial charge in [0, 0.05) is 48.6 Å². The molecule has 12 heteroatoms. The first-order valence-electron chi connectivity index (χ1n) is 15.7. The number of ether oxygens (including phenoxy) is 1. The fraction of sp³-hybridized carbons (Fsp3) is 0.485. The van der Waals surface area contributed by atoms with Crippen molar-refractivity contribution >= 4 is 38.3 Å². The van der Waals surface area contributed by atoms with Crippen LogP contribution in [0.25, 0.3) is 32.9 Å². The van der Waals surface area contributed by atoms with Crippen LogP contribution in [0.5, 0.6) is 11.8 Å². The van der Waals surface area contributed by atoms with Gasteiger partial charge in [-0.15, -0.1) is 0 Å². The largest absolute Gasteiger partial charge is 0.508 e. The van der Waals surface area contributed by atoms with Crippen molar-refractivity contribution in [3.63, 3.8) is 0 Å². The second-order valence-electron chi connectivity index (χ2n) is 12.9. The van der Waals surface area contributed by atoms with Gasteiger partial charge >= 0.3 is 6.01 Å². The summed E-state index contributed by atoms with van der Waals surface area (Å²) < 4.78 is 65.2. The molecule has 1 N–H and O–H groups in total. The van der Waals surface area contributed by atoms with Crippen LogP contribution in [0.4, 0.5) is 19.0 Å². The summed E-state index contributed by atoms with van der Waals surface area (Å²) in [4.78, 5) is 18.0. The van der Waals surface area contributed by atoms with Crippen LogP contribution in [0.1, 0.15) is 44.6 Å². The molecule has 0 aliphatic carbocycles. The molecule has 0 saturated carbocycles. The zero-order valence-corrected chi connectivity index (χ0v) is 25.8. The number of aryl methyl sites for hydroxylation is 1. The Balaban J connectivity index is 1.27. The predicted molar refractivity (Wildman–Crippen MR) is 167 cm³/mol. The molecule has 8 rings (SSSR count). The molecule has 6 heterocycles. The van der Waals surface area contributed by atoms with Crippen molar-refractivity contribution in [1.29, 1.82) is 0 Å². The normalized spacial score (nSPS) is 28.0. The van der Waals surface area contributed by atoms with E-state index in [4.69, 9.17) is 9.72 Å². The number of phenols is 1. The number of nitrogens with zero attached hydrogens (tertiary/aromatic N) is 5. The van der Waals surface area contributed by atoms with Gasteiger partial charge in [0.25, 0.3) is 0 Å². The number of phenolic OH excluding ortho intramolecular Hbond substituents is 1. The maximum absolute atomic E-state index is 16.8. The van der Waals surface area contributed by atoms with Gasteiger partial charge in [0.2, 0.25) is 0 Å². The first-order chi connectivity index (χ1) is 21.7. The number of hydrogen-bond donors (Lipinski definition) is 1. The standard InChI is InChI=1S/C33H34F3N5O3S/c1-2-23-26(35)7-4-18-10-20(42)11-24(27(18)23)29-28(36)30-25(13-37-29)31(40-15-21-5-6-22(16-40)45(21)43)39-32(38-30)44-17-33-8-3-9-41(33)14-19(34)12-33/h4,7,10-11,13,19,21-22,42H,2-3,5-6,8-9,12,14-17H2,1H3/t19-,21?,22?,33+,45?/m1/s1. The quantitative estimate of drug-likeness (QED) is 0.299. The summed E-state index contributed by atoms with van der Waals surface area (Å²) in [5.41, 5.74) is 0.129. The summed E-state index contributed by atoms with van der Waals surface area (Å²) in [6.07, 6.45) is 4.81. The molecule has 4 aliphatic heterocycles. The highest BCUT2D eigenvalue weighted by Gasteiger charge is 2.49. The number of halogens is 3. The van der Waals surface area contributed by atoms with E-state index in [-0.39, 0.29) is 45.6 Å². The number of rotatable bonds is 6. The van der Waals surface area contributed by atoms with Gasteiger partial charge in [0.05, 0.1) is 21.4 Å². The van der Waals surface area contributed by atoms with Crippen LogP contribution in [-0.4, -0.2) is 84.2 Å². The molecule has 8 nitrogen and oxygen atoms in total. The average molecular weight is 638 g/mol. The molecule has 4 saturated heterocycles. The smallest absolute Gasteiger partial charge is 0.319 e. The number of alkyl halides is 1. The molecule has 2 aromatic heterocycles. The van der Waals surface area contributed by atoms with Crippen LogP contribution in [0.2, 0.25) is 0 Å². The second-order valence-corrected chi connectivity index (χ2v) is 14.9. The van der Waals surface area contributed by atoms with Crippen molar-refractivity contribution in [2.24, 2.45) is 0 Å². The van der Waals surface area contributed by atoms with Crippen molar-refractivity contribution in [2.75, 3.05) is 37.7 Å². The van der Waals surface area contributed by atoms with Gasteiger partial charge in [-0.25, -0.2) is 13.2 Å². The van der Waals surface area contributed by atoms with Gasteiger partial charge in [0.15, 0.2) is 5.82 Å². The van der Waals surface area contributed by atoms with E-state index in [2.05, 4.69) is 14.9 Å². The van der Waals surface area contributed by atoms with Crippen LogP contribution >= 0.6 is 0 Å². The lowest BCUT2D eigenvalue weighted by Gasteiger charge is -2.33. The Bertz CT molecular complexity index is 1860. The Labute approximate surface area is 261 Å². The third-order valence-electron chi connectivity index (χ3n) is 10.3. The Morgan fingerprint density at radius 3 is 2.71 bits per heavy atom. The first-order valence-corrected chi connectivity index (χ1v) is 17.0. The lowest BCUT2D eigenvalue weighted by atomic mass is 9.94. The highest BCUT2D eigenvalue weighted by atomic mass is 32.2. The fourth-order valence-electron chi connectivity index (χ4n) is 8.14. The maximum Gasteiger partial charge on any atom is 0.319 e. The summed E-state index contributed by atoms with van der Waals surface area (Å²) >= 11 is 0. The molecule has 0 radical (unpaired) electrons. The molecule has 2 bridgehead atoms. The SMILES string of the molecule is CCc1c(F)ccc2cc(O)cc(-c3ncc4c(N5CC6CCC(C5)S6=O)nc(OC[C@@]56CCCN5C[C@H](F)C6)nc4c3F)c12. The average Bonchev–Trinajstić information content (AvgIpc) is 3.60. The van der Waals surface area contributed by atoms with Crippen LogP contribution in [0.15, 0.2) is 30.5 Å². The van der Waals surface area contributed by atoms with Crippen LogP contribution in [0, 0.1) is 11.6 Å². The van der Waals surface area contributed by atoms with Crippen molar-refractivity contribution < 1.29 is 27.2 Å². The van der Waals surface area contributed by atoms with Gasteiger partial charge in [0.1, 0.15) is 41.4 Å². The van der Waals surface area contributed by atoms with Gasteiger partial charge in [-0.05, 0) is 73.2 Å². The van der Waals surface area contributed by atoms with E-state index in [1.165, 1.54) is 24.4 Å². The van der Waals surface area contributed by atoms with E-state index in [0.29, 0.717) is 60.0 Å². The zero-order chi connectivity index (χ0) is 31.0. The Hall–Kier alpha value is -3.51. The highest BCUT2D eigenvalue weighted by Crippen LogP contribution is 2.42. The third kappa shape index (κ3) is 4.66. The summed E-state index contributed by atoms with van der Waals surface area (Å²) in [5, 5.41) is 12.0. The van der Waals surface area contributed by atoms with E-state index in [1.54, 1.807) is 6.07 Å². The molecular formula is C33H34F3N5O3S. The zero-order valence-electron chi connectivity index (χ0n) is 24.9. The number of fused-ring (bicyclic) bond motifs is 5. The molecule has 4 atom stereocenters. The van der Waals surface area contributed by atoms with Crippen LogP contribution in [-0.2, 0) is 17.2 Å². The Morgan fingerprint density at radius 1 is 1.13 bits per heavy atom. The predicted octanol–water partition coefficient (Wildman–Crippen LogP) is 5.45. The number of hydrogen-bond acceptors (Lipinski definition) is 8. The van der Waals surface area contributed by atoms with E-state index in [9.17, 15) is 18.1 Å². The van der Waals surface area contributed by atoms with Gasteiger partial charge in [-0.3, -0.25) is 14.1 Å². The lowest BCUT2D eigenvalue weighted by molar-refractivity contribution is 0.107. The van der Waals surface area contributed by atoms with Crippen molar-refractivity contribution in [1.82, 2.24) is 19.9 Å². The summed E-state index contributed by atoms with van der Waals surface area (Å²) in [6, 6.07) is 5.81. The summed E-state index contributed by atoms with van der Waals surface area (Å²) in [7, 11) is -0.920. The van der Waals surface area contributed by atoms with Crippen molar-refractivity contribution in [3.8, 4) is 23.0 Å². The molecular weight excluding hydrogens is 603 g/mol. The maximum atomic E-state index is 16.8. The molecule has 4 aliphatic rings. The van der Waals surface area contributed by atoms with Crippen molar-refractivity contribution in [2.45, 2.75) is 67.7 Å². The van der Waals surface area contributed by atoms with E-state index >= 15 is 4.39 Å². The molecule has 0 spiro atoms. The molecule has 2 aromatic carbocycles. The summed E-state index contributed by atoms with van der Waals surface area (Å²) in [5.74, 6) is -0.802. The van der Waals surface area contributed by atoms with Gasteiger partial charge in [-0.2, -0.15) is 9.97 Å². The van der Waals surface area contributed by atoms with E-state index < -0.39 is 34.1 Å². The van der Waals surface area contributed by atoms with Gasteiger partial charge < -0.3 is 14.7 Å². The Morgan fingerprint density at radius 2 is 1.93 bits per heavy atom. The minimum absolute atomic E-state index is 0.00199. The number of anilines is 1. The number of pyridine rings is 1. The molecule has 4 aromatic rings. The minimum Gasteiger partial charge on any atom is -0.508 e. The molecule has 2 unspecified atom stereocenters. The van der Waals surface area contributed by atoms with Crippen LogP contribution in [0.3, 0.4) is 0 Å². The number of aromatic hydroxyl groups is 1. The third-order valence-corrected chi connectivity index (χ3v) is 12.3. The van der Waals surface area contributed by atoms with Crippen LogP contribution < -0.4 is 9.64 Å².